The molecule has 0 unspecified atom stereocenters. The van der Waals surface area contributed by atoms with Crippen molar-refractivity contribution in [2.75, 3.05) is 25.9 Å². The minimum atomic E-state index is -0.336. The molecule has 0 aliphatic carbocycles. The second kappa shape index (κ2) is 5.15. The number of hydrogen-bond acceptors (Lipinski definition) is 4. The van der Waals surface area contributed by atoms with Gasteiger partial charge in [-0.2, -0.15) is 5.10 Å². The molecule has 1 aromatic rings. The van der Waals surface area contributed by atoms with E-state index in [0.717, 1.165) is 0 Å². The summed E-state index contributed by atoms with van der Waals surface area (Å²) in [4.78, 5) is 24.3. The number of nitrogens with one attached hydrogen (secondary N) is 2. The number of H-pyrrole nitrogens is 1. The summed E-state index contributed by atoms with van der Waals surface area (Å²) < 4.78 is 0. The van der Waals surface area contributed by atoms with Crippen LogP contribution >= 0.6 is 0 Å². The van der Waals surface area contributed by atoms with Gasteiger partial charge in [0.1, 0.15) is 11.4 Å². The molecule has 7 nitrogen and oxygen atoms in total. The molecule has 0 aliphatic heterocycles. The first-order valence-corrected chi connectivity index (χ1v) is 4.87. The zero-order valence-electron chi connectivity index (χ0n) is 9.28. The minimum absolute atomic E-state index is 0.00269. The molecule has 0 spiro atoms. The summed E-state index contributed by atoms with van der Waals surface area (Å²) in [7, 11) is 1.53. The summed E-state index contributed by atoms with van der Waals surface area (Å²) in [5, 5.41) is 8.71. The predicted molar refractivity (Wildman–Crippen MR) is 58.6 cm³/mol. The molecule has 7 heteroatoms. The van der Waals surface area contributed by atoms with Gasteiger partial charge in [0.15, 0.2) is 0 Å². The topological polar surface area (TPSA) is 104 Å². The van der Waals surface area contributed by atoms with E-state index in [-0.39, 0.29) is 29.7 Å². The Balaban J connectivity index is 2.61. The van der Waals surface area contributed by atoms with Gasteiger partial charge in [-0.3, -0.25) is 14.7 Å². The van der Waals surface area contributed by atoms with Crippen molar-refractivity contribution in [2.24, 2.45) is 0 Å². The van der Waals surface area contributed by atoms with Gasteiger partial charge in [0.25, 0.3) is 5.91 Å². The molecule has 0 aromatic carbocycles. The van der Waals surface area contributed by atoms with Crippen molar-refractivity contribution in [2.45, 2.75) is 6.92 Å². The molecular weight excluding hydrogens is 210 g/mol. The first kappa shape index (κ1) is 12.0. The van der Waals surface area contributed by atoms with Crippen LogP contribution in [0.15, 0.2) is 6.20 Å². The van der Waals surface area contributed by atoms with Crippen molar-refractivity contribution >= 4 is 17.6 Å². The molecule has 16 heavy (non-hydrogen) atoms. The number of hydrogen-bond donors (Lipinski definition) is 3. The highest BCUT2D eigenvalue weighted by Crippen LogP contribution is 2.08. The van der Waals surface area contributed by atoms with Crippen molar-refractivity contribution < 1.29 is 9.59 Å². The SMILES string of the molecule is CCNC(=O)CN(C)C(=O)c1cn[nH]c1N. The van der Waals surface area contributed by atoms with Gasteiger partial charge in [-0.05, 0) is 6.92 Å². The van der Waals surface area contributed by atoms with Gasteiger partial charge in [-0.15, -0.1) is 0 Å². The Morgan fingerprint density at radius 1 is 1.62 bits per heavy atom. The van der Waals surface area contributed by atoms with Crippen molar-refractivity contribution in [3.8, 4) is 0 Å². The molecule has 1 rings (SSSR count). The number of rotatable bonds is 4. The second-order valence-electron chi connectivity index (χ2n) is 3.31. The number of aromatic amines is 1. The maximum absolute atomic E-state index is 11.8. The number of carbonyl (C=O) groups is 2. The number of carbonyl (C=O) groups excluding carboxylic acids is 2. The highest BCUT2D eigenvalue weighted by molar-refractivity contribution is 5.99. The quantitative estimate of drug-likeness (QED) is 0.624. The van der Waals surface area contributed by atoms with Crippen LogP contribution in [0.1, 0.15) is 17.3 Å². The lowest BCUT2D eigenvalue weighted by atomic mass is 10.3. The largest absolute Gasteiger partial charge is 0.383 e. The Hall–Kier alpha value is -2.05. The van der Waals surface area contributed by atoms with E-state index in [0.29, 0.717) is 6.54 Å². The highest BCUT2D eigenvalue weighted by atomic mass is 16.2. The summed E-state index contributed by atoms with van der Waals surface area (Å²) in [5.41, 5.74) is 5.77. The van der Waals surface area contributed by atoms with Gasteiger partial charge >= 0.3 is 0 Å². The molecule has 4 N–H and O–H groups in total. The molecule has 2 amide bonds. The first-order chi connectivity index (χ1) is 7.56. The van der Waals surface area contributed by atoms with Crippen LogP contribution in [0.5, 0.6) is 0 Å². The summed E-state index contributed by atoms with van der Waals surface area (Å²) >= 11 is 0. The molecule has 0 saturated heterocycles. The predicted octanol–water partition coefficient (Wildman–Crippen LogP) is -0.800. The Bertz CT molecular complexity index is 387. The number of likely N-dealkylation sites (N-methyl/N-ethyl adjacent to an activating group) is 2. The third-order valence-electron chi connectivity index (χ3n) is 2.00. The molecule has 1 aromatic heterocycles. The number of amides is 2. The molecule has 1 heterocycles. The number of aromatic nitrogens is 2. The van der Waals surface area contributed by atoms with E-state index < -0.39 is 0 Å². The second-order valence-corrected chi connectivity index (χ2v) is 3.31. The third kappa shape index (κ3) is 2.72. The minimum Gasteiger partial charge on any atom is -0.383 e. The fraction of sp³-hybridized carbons (Fsp3) is 0.444. The van der Waals surface area contributed by atoms with E-state index in [1.807, 2.05) is 6.92 Å². The van der Waals surface area contributed by atoms with Crippen LogP contribution in [0, 0.1) is 0 Å². The number of anilines is 1. The van der Waals surface area contributed by atoms with Crippen LogP contribution in [-0.2, 0) is 4.79 Å². The zero-order chi connectivity index (χ0) is 12.1. The maximum Gasteiger partial charge on any atom is 0.259 e. The van der Waals surface area contributed by atoms with Crippen LogP contribution in [0.25, 0.3) is 0 Å². The number of nitrogen functional groups attached to an aromatic ring is 1. The smallest absolute Gasteiger partial charge is 0.259 e. The molecule has 0 saturated carbocycles. The Morgan fingerprint density at radius 2 is 2.31 bits per heavy atom. The molecule has 0 radical (unpaired) electrons. The van der Waals surface area contributed by atoms with Crippen LogP contribution < -0.4 is 11.1 Å². The lowest BCUT2D eigenvalue weighted by Gasteiger charge is -2.15. The van der Waals surface area contributed by atoms with Gasteiger partial charge < -0.3 is 16.0 Å². The van der Waals surface area contributed by atoms with Gasteiger partial charge in [-0.1, -0.05) is 0 Å². The lowest BCUT2D eigenvalue weighted by Crippen LogP contribution is -2.38. The summed E-state index contributed by atoms with van der Waals surface area (Å²) in [6, 6.07) is 0. The van der Waals surface area contributed by atoms with E-state index in [1.54, 1.807) is 0 Å². The van der Waals surface area contributed by atoms with Crippen LogP contribution in [0.2, 0.25) is 0 Å². The average molecular weight is 225 g/mol. The average Bonchev–Trinajstić information content (AvgIpc) is 2.63. The maximum atomic E-state index is 11.8. The Labute approximate surface area is 93.0 Å². The molecule has 0 aliphatic rings. The van der Waals surface area contributed by atoms with Crippen molar-refractivity contribution in [3.05, 3.63) is 11.8 Å². The lowest BCUT2D eigenvalue weighted by molar-refractivity contribution is -0.121. The summed E-state index contributed by atoms with van der Waals surface area (Å²) in [6.07, 6.45) is 1.34. The van der Waals surface area contributed by atoms with Crippen molar-refractivity contribution in [3.63, 3.8) is 0 Å². The fourth-order valence-electron chi connectivity index (χ4n) is 1.21. The van der Waals surface area contributed by atoms with Crippen molar-refractivity contribution in [1.29, 1.82) is 0 Å². The number of nitrogens with two attached hydrogens (primary N) is 1. The van der Waals surface area contributed by atoms with E-state index >= 15 is 0 Å². The highest BCUT2D eigenvalue weighted by Gasteiger charge is 2.18. The third-order valence-corrected chi connectivity index (χ3v) is 2.00. The van der Waals surface area contributed by atoms with Crippen LogP contribution in [-0.4, -0.2) is 47.0 Å². The molecule has 0 bridgehead atoms. The van der Waals surface area contributed by atoms with E-state index in [4.69, 9.17) is 5.73 Å². The fourth-order valence-corrected chi connectivity index (χ4v) is 1.21. The van der Waals surface area contributed by atoms with E-state index in [1.165, 1.54) is 18.1 Å². The molecular formula is C9H15N5O2. The molecule has 88 valence electrons. The standard InChI is InChI=1S/C9H15N5O2/c1-3-11-7(15)5-14(2)9(16)6-4-12-13-8(6)10/h4H,3,5H2,1-2H3,(H,11,15)(H3,10,12,13). The Morgan fingerprint density at radius 3 is 2.81 bits per heavy atom. The molecule has 0 atom stereocenters. The van der Waals surface area contributed by atoms with Crippen LogP contribution in [0.4, 0.5) is 5.82 Å². The van der Waals surface area contributed by atoms with Gasteiger partial charge in [-0.25, -0.2) is 0 Å². The van der Waals surface area contributed by atoms with Crippen molar-refractivity contribution in [1.82, 2.24) is 20.4 Å². The van der Waals surface area contributed by atoms with Crippen LogP contribution in [0.3, 0.4) is 0 Å². The monoisotopic (exact) mass is 225 g/mol. The van der Waals surface area contributed by atoms with E-state index in [9.17, 15) is 9.59 Å². The number of nitrogens with zero attached hydrogens (tertiary/aromatic N) is 2. The van der Waals surface area contributed by atoms with E-state index in [2.05, 4.69) is 15.5 Å². The zero-order valence-corrected chi connectivity index (χ0v) is 9.28. The normalized spacial score (nSPS) is 9.88. The Kier molecular flexibility index (Phi) is 3.87. The molecule has 0 fully saturated rings. The van der Waals surface area contributed by atoms with Gasteiger partial charge in [0.2, 0.25) is 5.91 Å². The van der Waals surface area contributed by atoms with Gasteiger partial charge in [0.05, 0.1) is 12.7 Å². The first-order valence-electron chi connectivity index (χ1n) is 4.87. The summed E-state index contributed by atoms with van der Waals surface area (Å²) in [5.74, 6) is -0.342. The van der Waals surface area contributed by atoms with Gasteiger partial charge in [0, 0.05) is 13.6 Å². The summed E-state index contributed by atoms with van der Waals surface area (Å²) in [6.45, 7) is 2.35.